The van der Waals surface area contributed by atoms with E-state index in [4.69, 9.17) is 9.47 Å². The normalized spacial score (nSPS) is 22.8. The van der Waals surface area contributed by atoms with E-state index in [2.05, 4.69) is 29.2 Å². The zero-order valence-corrected chi connectivity index (χ0v) is 15.1. The molecule has 2 aromatic rings. The number of benzene rings is 1. The molecule has 3 aliphatic heterocycles. The number of aromatic amines is 1. The second-order valence-corrected chi connectivity index (χ2v) is 7.73. The van der Waals surface area contributed by atoms with Crippen LogP contribution in [0.25, 0.3) is 10.9 Å². The maximum atomic E-state index is 12.9. The summed E-state index contributed by atoms with van der Waals surface area (Å²) in [5.41, 5.74) is 3.76. The highest BCUT2D eigenvalue weighted by Crippen LogP contribution is 2.28. The van der Waals surface area contributed by atoms with Crippen molar-refractivity contribution < 1.29 is 19.2 Å². The zero-order valence-electron chi connectivity index (χ0n) is 15.1. The molecule has 0 aliphatic carbocycles. The molecule has 6 nitrogen and oxygen atoms in total. The third kappa shape index (κ3) is 2.82. The van der Waals surface area contributed by atoms with E-state index in [9.17, 15) is 4.79 Å². The molecule has 0 unspecified atom stereocenters. The van der Waals surface area contributed by atoms with Crippen LogP contribution in [0.3, 0.4) is 0 Å². The van der Waals surface area contributed by atoms with Gasteiger partial charge in [-0.3, -0.25) is 4.79 Å². The van der Waals surface area contributed by atoms with Crippen molar-refractivity contribution in [2.24, 2.45) is 0 Å². The molecule has 6 heteroatoms. The number of nitrogens with zero attached hydrogens (tertiary/aromatic N) is 1. The summed E-state index contributed by atoms with van der Waals surface area (Å²) in [6, 6.07) is 8.38. The van der Waals surface area contributed by atoms with Gasteiger partial charge in [0.25, 0.3) is 5.91 Å². The van der Waals surface area contributed by atoms with E-state index < -0.39 is 0 Å². The first-order valence-electron chi connectivity index (χ1n) is 9.70. The lowest BCUT2D eigenvalue weighted by Gasteiger charge is -2.36. The largest absolute Gasteiger partial charge is 0.358 e. The molecule has 1 aromatic carbocycles. The molecule has 2 N–H and O–H groups in total. The number of ether oxygens (including phenoxy) is 2. The molecule has 26 heavy (non-hydrogen) atoms. The molecule has 0 bridgehead atoms. The minimum atomic E-state index is -0.351. The lowest BCUT2D eigenvalue weighted by atomic mass is 10.0. The molecule has 0 saturated carbocycles. The highest BCUT2D eigenvalue weighted by atomic mass is 16.7. The highest BCUT2D eigenvalue weighted by molar-refractivity contribution is 5.86. The molecule has 3 aliphatic rings. The van der Waals surface area contributed by atoms with E-state index in [-0.39, 0.29) is 11.7 Å². The SMILES string of the molecule is O=C(C[NH+]1CCC2(CC1)OCCO2)N1CCc2[nH]c3ccccc3c2C1. The van der Waals surface area contributed by atoms with E-state index in [1.54, 1.807) is 0 Å². The van der Waals surface area contributed by atoms with Gasteiger partial charge in [0.1, 0.15) is 0 Å². The van der Waals surface area contributed by atoms with Gasteiger partial charge in [0.15, 0.2) is 12.3 Å². The summed E-state index contributed by atoms with van der Waals surface area (Å²) < 4.78 is 11.6. The summed E-state index contributed by atoms with van der Waals surface area (Å²) >= 11 is 0. The number of quaternary nitrogens is 1. The van der Waals surface area contributed by atoms with Crippen LogP contribution in [-0.2, 0) is 27.2 Å². The van der Waals surface area contributed by atoms with E-state index >= 15 is 0 Å². The molecule has 0 atom stereocenters. The fourth-order valence-electron chi connectivity index (χ4n) is 4.65. The van der Waals surface area contributed by atoms with Crippen molar-refractivity contribution in [2.75, 3.05) is 39.4 Å². The third-order valence-corrected chi connectivity index (χ3v) is 6.17. The predicted molar refractivity (Wildman–Crippen MR) is 96.9 cm³/mol. The van der Waals surface area contributed by atoms with Crippen LogP contribution in [0.2, 0.25) is 0 Å². The number of hydrogen-bond donors (Lipinski definition) is 2. The number of aromatic nitrogens is 1. The van der Waals surface area contributed by atoms with E-state index in [0.29, 0.717) is 19.8 Å². The molecule has 2 saturated heterocycles. The van der Waals surface area contributed by atoms with Crippen LogP contribution in [0, 0.1) is 0 Å². The van der Waals surface area contributed by atoms with Crippen LogP contribution in [0.15, 0.2) is 24.3 Å². The third-order valence-electron chi connectivity index (χ3n) is 6.17. The van der Waals surface area contributed by atoms with Crippen molar-refractivity contribution in [2.45, 2.75) is 31.6 Å². The fraction of sp³-hybridized carbons (Fsp3) is 0.550. The molecule has 4 heterocycles. The Bertz CT molecular complexity index is 815. The van der Waals surface area contributed by atoms with Crippen molar-refractivity contribution >= 4 is 16.8 Å². The van der Waals surface area contributed by atoms with Gasteiger partial charge in [0.05, 0.1) is 39.1 Å². The summed E-state index contributed by atoms with van der Waals surface area (Å²) in [4.78, 5) is 19.8. The Balaban J connectivity index is 1.23. The van der Waals surface area contributed by atoms with E-state index in [0.717, 1.165) is 45.4 Å². The van der Waals surface area contributed by atoms with E-state index in [1.165, 1.54) is 27.1 Å². The van der Waals surface area contributed by atoms with Gasteiger partial charge >= 0.3 is 0 Å². The number of rotatable bonds is 2. The average Bonchev–Trinajstić information content (AvgIpc) is 3.28. The van der Waals surface area contributed by atoms with Crippen LogP contribution in [0.4, 0.5) is 0 Å². The lowest BCUT2D eigenvalue weighted by molar-refractivity contribution is -0.901. The van der Waals surface area contributed by atoms with Gasteiger partial charge < -0.3 is 24.3 Å². The molecule has 1 aromatic heterocycles. The van der Waals surface area contributed by atoms with Crippen molar-refractivity contribution in [3.05, 3.63) is 35.5 Å². The Kier molecular flexibility index (Phi) is 3.99. The number of nitrogens with one attached hydrogen (secondary N) is 2. The van der Waals surface area contributed by atoms with Gasteiger partial charge in [-0.1, -0.05) is 18.2 Å². The molecule has 138 valence electrons. The standard InChI is InChI=1S/C20H25N3O3/c24-19(14-22-9-6-20(7-10-22)25-11-12-26-20)23-8-5-18-16(13-23)15-3-1-2-4-17(15)21-18/h1-4,21H,5-14H2/p+1. The van der Waals surface area contributed by atoms with E-state index in [1.807, 2.05) is 4.90 Å². The number of likely N-dealkylation sites (tertiary alicyclic amines) is 1. The molecular formula is C20H26N3O3+. The zero-order chi connectivity index (χ0) is 17.6. The maximum Gasteiger partial charge on any atom is 0.278 e. The van der Waals surface area contributed by atoms with Crippen LogP contribution in [0.5, 0.6) is 0 Å². The quantitative estimate of drug-likeness (QED) is 0.823. The number of amides is 1. The second-order valence-electron chi connectivity index (χ2n) is 7.73. The van der Waals surface area contributed by atoms with Crippen molar-refractivity contribution in [3.63, 3.8) is 0 Å². The number of carbonyl (C=O) groups is 1. The molecule has 0 radical (unpaired) electrons. The first-order valence-corrected chi connectivity index (χ1v) is 9.70. The van der Waals surface area contributed by atoms with Crippen LogP contribution in [-0.4, -0.2) is 61.0 Å². The van der Waals surface area contributed by atoms with Gasteiger partial charge in [0.2, 0.25) is 0 Å². The average molecular weight is 356 g/mol. The topological polar surface area (TPSA) is 59.0 Å². The second kappa shape index (κ2) is 6.37. The van der Waals surface area contributed by atoms with Crippen molar-refractivity contribution in [1.29, 1.82) is 0 Å². The Morgan fingerprint density at radius 3 is 2.77 bits per heavy atom. The van der Waals surface area contributed by atoms with Gasteiger partial charge in [0, 0.05) is 41.7 Å². The summed E-state index contributed by atoms with van der Waals surface area (Å²) in [5.74, 6) is -0.0866. The number of fused-ring (bicyclic) bond motifs is 3. The minimum Gasteiger partial charge on any atom is -0.358 e. The number of H-pyrrole nitrogens is 1. The molecular weight excluding hydrogens is 330 g/mol. The maximum absolute atomic E-state index is 12.9. The Morgan fingerprint density at radius 1 is 1.19 bits per heavy atom. The first-order chi connectivity index (χ1) is 12.7. The fourth-order valence-corrected chi connectivity index (χ4v) is 4.65. The van der Waals surface area contributed by atoms with Gasteiger partial charge in [-0.25, -0.2) is 0 Å². The molecule has 2 fully saturated rings. The van der Waals surface area contributed by atoms with Gasteiger partial charge in [-0.2, -0.15) is 0 Å². The van der Waals surface area contributed by atoms with Crippen LogP contribution >= 0.6 is 0 Å². The summed E-state index contributed by atoms with van der Waals surface area (Å²) in [7, 11) is 0. The van der Waals surface area contributed by atoms with Crippen molar-refractivity contribution in [3.8, 4) is 0 Å². The number of hydrogen-bond acceptors (Lipinski definition) is 3. The predicted octanol–water partition coefficient (Wildman–Crippen LogP) is 0.474. The smallest absolute Gasteiger partial charge is 0.278 e. The number of piperidine rings is 1. The molecule has 1 amide bonds. The van der Waals surface area contributed by atoms with Gasteiger partial charge in [-0.05, 0) is 6.07 Å². The summed E-state index contributed by atoms with van der Waals surface area (Å²) in [6.45, 7) is 5.40. The summed E-state index contributed by atoms with van der Waals surface area (Å²) in [5, 5.41) is 1.25. The Labute approximate surface area is 153 Å². The molecule has 1 spiro atoms. The minimum absolute atomic E-state index is 0.264. The molecule has 5 rings (SSSR count). The highest BCUT2D eigenvalue weighted by Gasteiger charge is 2.42. The van der Waals surface area contributed by atoms with Gasteiger partial charge in [-0.15, -0.1) is 0 Å². The number of carbonyl (C=O) groups excluding carboxylic acids is 1. The monoisotopic (exact) mass is 356 g/mol. The Morgan fingerprint density at radius 2 is 1.96 bits per heavy atom. The first kappa shape index (κ1) is 16.3. The van der Waals surface area contributed by atoms with Crippen LogP contribution in [0.1, 0.15) is 24.1 Å². The van der Waals surface area contributed by atoms with Crippen molar-refractivity contribution in [1.82, 2.24) is 9.88 Å². The summed E-state index contributed by atoms with van der Waals surface area (Å²) in [6.07, 6.45) is 2.69. The Hall–Kier alpha value is -1.89. The lowest BCUT2D eigenvalue weighted by Crippen LogP contribution is -3.14. The number of para-hydroxylation sites is 1. The van der Waals surface area contributed by atoms with Crippen LogP contribution < -0.4 is 4.90 Å².